The van der Waals surface area contributed by atoms with Crippen molar-refractivity contribution >= 4 is 5.78 Å². The van der Waals surface area contributed by atoms with Crippen LogP contribution in [0.2, 0.25) is 0 Å². The Morgan fingerprint density at radius 2 is 2.00 bits per heavy atom. The molecule has 1 aromatic carbocycles. The predicted molar refractivity (Wildman–Crippen MR) is 70.0 cm³/mol. The van der Waals surface area contributed by atoms with Crippen LogP contribution in [-0.4, -0.2) is 12.3 Å². The molecule has 2 atom stereocenters. The average molecular weight is 231 g/mol. The van der Waals surface area contributed by atoms with E-state index in [1.165, 1.54) is 12.8 Å². The first-order valence-electron chi connectivity index (χ1n) is 6.54. The molecule has 0 saturated heterocycles. The molecule has 0 radical (unpaired) electrons. The molecule has 2 rings (SSSR count). The van der Waals surface area contributed by atoms with Crippen LogP contribution in [0, 0.1) is 18.8 Å². The van der Waals surface area contributed by atoms with Gasteiger partial charge >= 0.3 is 0 Å². The van der Waals surface area contributed by atoms with E-state index in [4.69, 9.17) is 5.73 Å². The van der Waals surface area contributed by atoms with Gasteiger partial charge in [0.05, 0.1) is 0 Å². The van der Waals surface area contributed by atoms with E-state index in [1.807, 2.05) is 31.2 Å². The van der Waals surface area contributed by atoms with Crippen molar-refractivity contribution in [3.8, 4) is 0 Å². The number of aryl methyl sites for hydroxylation is 1. The second-order valence-electron chi connectivity index (χ2n) is 5.07. The maximum absolute atomic E-state index is 12.5. The largest absolute Gasteiger partial charge is 0.330 e. The highest BCUT2D eigenvalue weighted by Crippen LogP contribution is 2.32. The molecule has 0 spiro atoms. The Balaban J connectivity index is 2.21. The van der Waals surface area contributed by atoms with Gasteiger partial charge in [-0.3, -0.25) is 4.79 Å². The average Bonchev–Trinajstić information content (AvgIpc) is 2.38. The first-order chi connectivity index (χ1) is 8.24. The van der Waals surface area contributed by atoms with Crippen molar-refractivity contribution in [2.45, 2.75) is 32.6 Å². The maximum atomic E-state index is 12.5. The Kier molecular flexibility index (Phi) is 3.95. The van der Waals surface area contributed by atoms with E-state index in [0.717, 1.165) is 24.0 Å². The lowest BCUT2D eigenvalue weighted by Crippen LogP contribution is -2.32. The van der Waals surface area contributed by atoms with Gasteiger partial charge in [0.2, 0.25) is 0 Å². The van der Waals surface area contributed by atoms with Gasteiger partial charge in [-0.2, -0.15) is 0 Å². The highest BCUT2D eigenvalue weighted by Gasteiger charge is 2.30. The molecule has 2 unspecified atom stereocenters. The van der Waals surface area contributed by atoms with E-state index in [2.05, 4.69) is 0 Å². The first kappa shape index (κ1) is 12.3. The van der Waals surface area contributed by atoms with Crippen LogP contribution in [0.4, 0.5) is 0 Å². The van der Waals surface area contributed by atoms with Crippen molar-refractivity contribution < 1.29 is 4.79 Å². The molecule has 1 fully saturated rings. The quantitative estimate of drug-likeness (QED) is 0.813. The summed E-state index contributed by atoms with van der Waals surface area (Å²) in [5.41, 5.74) is 7.76. The van der Waals surface area contributed by atoms with E-state index < -0.39 is 0 Å². The number of hydrogen-bond acceptors (Lipinski definition) is 2. The van der Waals surface area contributed by atoms with Gasteiger partial charge in [-0.25, -0.2) is 0 Å². The monoisotopic (exact) mass is 231 g/mol. The third-order valence-electron chi connectivity index (χ3n) is 3.96. The molecule has 0 heterocycles. The molecule has 2 nitrogen and oxygen atoms in total. The molecule has 0 amide bonds. The normalized spacial score (nSPS) is 24.6. The third kappa shape index (κ3) is 2.58. The molecule has 1 aromatic rings. The van der Waals surface area contributed by atoms with Crippen LogP contribution in [0.1, 0.15) is 41.6 Å². The highest BCUT2D eigenvalue weighted by atomic mass is 16.1. The zero-order valence-electron chi connectivity index (χ0n) is 10.5. The topological polar surface area (TPSA) is 43.1 Å². The van der Waals surface area contributed by atoms with Crippen molar-refractivity contribution in [2.24, 2.45) is 17.6 Å². The van der Waals surface area contributed by atoms with Gasteiger partial charge in [-0.05, 0) is 37.8 Å². The molecule has 1 aliphatic carbocycles. The summed E-state index contributed by atoms with van der Waals surface area (Å²) >= 11 is 0. The summed E-state index contributed by atoms with van der Waals surface area (Å²) in [7, 11) is 0. The number of carbonyl (C=O) groups is 1. The third-order valence-corrected chi connectivity index (χ3v) is 3.96. The molecular weight excluding hydrogens is 210 g/mol. The van der Waals surface area contributed by atoms with Gasteiger partial charge in [-0.1, -0.05) is 37.1 Å². The summed E-state index contributed by atoms with van der Waals surface area (Å²) in [6.45, 7) is 2.65. The Hall–Kier alpha value is -1.15. The fourth-order valence-electron chi connectivity index (χ4n) is 2.88. The minimum absolute atomic E-state index is 0.148. The summed E-state index contributed by atoms with van der Waals surface area (Å²) in [6, 6.07) is 7.88. The summed E-state index contributed by atoms with van der Waals surface area (Å²) in [5, 5.41) is 0. The zero-order chi connectivity index (χ0) is 12.3. The van der Waals surface area contributed by atoms with Gasteiger partial charge in [0.15, 0.2) is 5.78 Å². The lowest BCUT2D eigenvalue weighted by atomic mass is 9.75. The second-order valence-corrected chi connectivity index (χ2v) is 5.07. The molecule has 92 valence electrons. The van der Waals surface area contributed by atoms with Crippen molar-refractivity contribution in [1.29, 1.82) is 0 Å². The van der Waals surface area contributed by atoms with Crippen LogP contribution in [0.5, 0.6) is 0 Å². The van der Waals surface area contributed by atoms with Crippen LogP contribution in [0.3, 0.4) is 0 Å². The molecule has 0 aromatic heterocycles. The molecule has 0 aliphatic heterocycles. The van der Waals surface area contributed by atoms with E-state index in [1.54, 1.807) is 0 Å². The minimum Gasteiger partial charge on any atom is -0.330 e. The summed E-state index contributed by atoms with van der Waals surface area (Å²) < 4.78 is 0. The summed E-state index contributed by atoms with van der Waals surface area (Å²) in [6.07, 6.45) is 4.51. The van der Waals surface area contributed by atoms with Crippen LogP contribution < -0.4 is 5.73 Å². The molecule has 2 N–H and O–H groups in total. The number of nitrogens with two attached hydrogens (primary N) is 1. The smallest absolute Gasteiger partial charge is 0.166 e. The van der Waals surface area contributed by atoms with E-state index >= 15 is 0 Å². The SMILES string of the molecule is Cc1ccccc1C(=O)C1CCCCC1CN. The number of hydrogen-bond donors (Lipinski definition) is 1. The number of benzene rings is 1. The van der Waals surface area contributed by atoms with E-state index in [0.29, 0.717) is 18.2 Å². The van der Waals surface area contributed by atoms with Crippen molar-refractivity contribution in [2.75, 3.05) is 6.54 Å². The van der Waals surface area contributed by atoms with Crippen molar-refractivity contribution in [3.05, 3.63) is 35.4 Å². The van der Waals surface area contributed by atoms with E-state index in [9.17, 15) is 4.79 Å². The van der Waals surface area contributed by atoms with Crippen LogP contribution in [-0.2, 0) is 0 Å². The van der Waals surface area contributed by atoms with Gasteiger partial charge < -0.3 is 5.73 Å². The van der Waals surface area contributed by atoms with Gasteiger partial charge in [-0.15, -0.1) is 0 Å². The van der Waals surface area contributed by atoms with E-state index in [-0.39, 0.29) is 5.92 Å². The molecule has 2 heteroatoms. The Bertz CT molecular complexity index is 400. The van der Waals surface area contributed by atoms with Crippen molar-refractivity contribution in [3.63, 3.8) is 0 Å². The molecular formula is C15H21NO. The zero-order valence-corrected chi connectivity index (χ0v) is 10.5. The molecule has 1 aliphatic rings. The predicted octanol–water partition coefficient (Wildman–Crippen LogP) is 2.94. The lowest BCUT2D eigenvalue weighted by Gasteiger charge is -2.29. The molecule has 0 bridgehead atoms. The highest BCUT2D eigenvalue weighted by molar-refractivity contribution is 5.99. The second kappa shape index (κ2) is 5.46. The number of rotatable bonds is 3. The Morgan fingerprint density at radius 1 is 1.29 bits per heavy atom. The van der Waals surface area contributed by atoms with Gasteiger partial charge in [0.25, 0.3) is 0 Å². The summed E-state index contributed by atoms with van der Waals surface area (Å²) in [4.78, 5) is 12.5. The lowest BCUT2D eigenvalue weighted by molar-refractivity contribution is 0.0829. The van der Waals surface area contributed by atoms with Crippen LogP contribution in [0.15, 0.2) is 24.3 Å². The number of ketones is 1. The fraction of sp³-hybridized carbons (Fsp3) is 0.533. The molecule has 17 heavy (non-hydrogen) atoms. The summed E-state index contributed by atoms with van der Waals surface area (Å²) in [5.74, 6) is 0.837. The van der Waals surface area contributed by atoms with Gasteiger partial charge in [0, 0.05) is 11.5 Å². The fourth-order valence-corrected chi connectivity index (χ4v) is 2.88. The van der Waals surface area contributed by atoms with Gasteiger partial charge in [0.1, 0.15) is 0 Å². The molecule has 1 saturated carbocycles. The Morgan fingerprint density at radius 3 is 2.71 bits per heavy atom. The number of Topliss-reactive ketones (excluding diaryl/α,β-unsaturated/α-hetero) is 1. The Labute approximate surface area is 103 Å². The van der Waals surface area contributed by atoms with Crippen LogP contribution in [0.25, 0.3) is 0 Å². The maximum Gasteiger partial charge on any atom is 0.166 e. The van der Waals surface area contributed by atoms with Crippen molar-refractivity contribution in [1.82, 2.24) is 0 Å². The van der Waals surface area contributed by atoms with Crippen LogP contribution >= 0.6 is 0 Å². The standard InChI is InChI=1S/C15H21NO/c1-11-6-2-4-8-13(11)15(17)14-9-5-3-7-12(14)10-16/h2,4,6,8,12,14H,3,5,7,9-10,16H2,1H3. The number of carbonyl (C=O) groups excluding carboxylic acids is 1. The first-order valence-corrected chi connectivity index (χ1v) is 6.54. The minimum atomic E-state index is 0.148.